The molecule has 4 nitrogen and oxygen atoms in total. The lowest BCUT2D eigenvalue weighted by Gasteiger charge is -2.21. The lowest BCUT2D eigenvalue weighted by Crippen LogP contribution is -2.33. The summed E-state index contributed by atoms with van der Waals surface area (Å²) in [5.74, 6) is 0.801. The molecule has 0 saturated carbocycles. The van der Waals surface area contributed by atoms with E-state index >= 15 is 0 Å². The zero-order valence-corrected chi connectivity index (χ0v) is 17.5. The molecule has 3 atom stereocenters. The molecule has 1 aliphatic heterocycles. The van der Waals surface area contributed by atoms with Crippen LogP contribution in [-0.4, -0.2) is 32.2 Å². The van der Waals surface area contributed by atoms with Gasteiger partial charge >= 0.3 is 0 Å². The summed E-state index contributed by atoms with van der Waals surface area (Å²) in [7, 11) is 1.40. The summed E-state index contributed by atoms with van der Waals surface area (Å²) in [6.45, 7) is 0.0346. The van der Waals surface area contributed by atoms with E-state index in [-0.39, 0.29) is 12.2 Å². The van der Waals surface area contributed by atoms with Crippen molar-refractivity contribution in [2.75, 3.05) is 13.7 Å². The van der Waals surface area contributed by atoms with Crippen molar-refractivity contribution in [2.24, 2.45) is 0 Å². The van der Waals surface area contributed by atoms with Gasteiger partial charge in [0.25, 0.3) is 0 Å². The number of benzene rings is 2. The molecule has 1 fully saturated rings. The average molecular weight is 468 g/mol. The molecule has 0 amide bonds. The van der Waals surface area contributed by atoms with Gasteiger partial charge in [-0.3, -0.25) is 0 Å². The van der Waals surface area contributed by atoms with E-state index in [0.29, 0.717) is 37.9 Å². The number of hydrogen-bond acceptors (Lipinski definition) is 4. The van der Waals surface area contributed by atoms with E-state index in [9.17, 15) is 4.39 Å². The smallest absolute Gasteiger partial charge is 0.186 e. The maximum atomic E-state index is 13.6. The molecular weight excluding hydrogens is 453 g/mol. The SMILES string of the molecule is CO[C@H]1O[C@H](COc2cc(Cl)cc(Cl)c2)[C@@H](Oc2cc(Cl)cc(Cl)c2)/C1=C\F. The minimum Gasteiger partial charge on any atom is -0.491 e. The third-order valence-electron chi connectivity index (χ3n) is 3.93. The van der Waals surface area contributed by atoms with Crippen LogP contribution >= 0.6 is 46.4 Å². The van der Waals surface area contributed by atoms with E-state index in [4.69, 9.17) is 65.4 Å². The third kappa shape index (κ3) is 5.23. The summed E-state index contributed by atoms with van der Waals surface area (Å²) >= 11 is 24.0. The maximum absolute atomic E-state index is 13.6. The first kappa shape index (κ1) is 21.5. The molecule has 0 N–H and O–H groups in total. The fourth-order valence-corrected chi connectivity index (χ4v) is 3.78. The van der Waals surface area contributed by atoms with Gasteiger partial charge in [-0.2, -0.15) is 0 Å². The number of methoxy groups -OCH3 is 1. The Morgan fingerprint density at radius 2 is 1.46 bits per heavy atom. The Kier molecular flexibility index (Phi) is 7.31. The van der Waals surface area contributed by atoms with Crippen LogP contribution in [0.1, 0.15) is 0 Å². The molecular formula is C19H15Cl4FO4. The second kappa shape index (κ2) is 9.53. The summed E-state index contributed by atoms with van der Waals surface area (Å²) in [6, 6.07) is 9.50. The van der Waals surface area contributed by atoms with Crippen LogP contribution in [0.4, 0.5) is 4.39 Å². The fraction of sp³-hybridized carbons (Fsp3) is 0.263. The van der Waals surface area contributed by atoms with Crippen LogP contribution in [0.15, 0.2) is 48.3 Å². The van der Waals surface area contributed by atoms with Gasteiger partial charge in [0, 0.05) is 27.2 Å². The van der Waals surface area contributed by atoms with E-state index < -0.39 is 18.5 Å². The Balaban J connectivity index is 1.80. The van der Waals surface area contributed by atoms with E-state index in [2.05, 4.69) is 0 Å². The first-order chi connectivity index (χ1) is 13.4. The van der Waals surface area contributed by atoms with Crippen molar-refractivity contribution in [1.29, 1.82) is 0 Å². The minimum atomic E-state index is -0.916. The Morgan fingerprint density at radius 1 is 0.929 bits per heavy atom. The van der Waals surface area contributed by atoms with Crippen LogP contribution in [0.3, 0.4) is 0 Å². The van der Waals surface area contributed by atoms with Gasteiger partial charge in [-0.15, -0.1) is 0 Å². The van der Waals surface area contributed by atoms with Gasteiger partial charge in [0.1, 0.15) is 24.2 Å². The van der Waals surface area contributed by atoms with E-state index in [0.717, 1.165) is 0 Å². The van der Waals surface area contributed by atoms with Gasteiger partial charge in [0.05, 0.1) is 11.9 Å². The lowest BCUT2D eigenvalue weighted by molar-refractivity contribution is -0.115. The molecule has 0 aliphatic carbocycles. The summed E-state index contributed by atoms with van der Waals surface area (Å²) in [5, 5.41) is 1.62. The van der Waals surface area contributed by atoms with Gasteiger partial charge in [-0.05, 0) is 36.4 Å². The minimum absolute atomic E-state index is 0.0346. The van der Waals surface area contributed by atoms with Crippen LogP contribution < -0.4 is 9.47 Å². The number of ether oxygens (including phenoxy) is 4. The van der Waals surface area contributed by atoms with Crippen LogP contribution in [0.2, 0.25) is 20.1 Å². The van der Waals surface area contributed by atoms with Crippen LogP contribution in [0, 0.1) is 0 Å². The van der Waals surface area contributed by atoms with Gasteiger partial charge in [-0.1, -0.05) is 46.4 Å². The highest BCUT2D eigenvalue weighted by atomic mass is 35.5. The predicted molar refractivity (Wildman–Crippen MR) is 108 cm³/mol. The van der Waals surface area contributed by atoms with E-state index in [1.807, 2.05) is 0 Å². The Bertz CT molecular complexity index is 837. The third-order valence-corrected chi connectivity index (χ3v) is 4.80. The molecule has 1 heterocycles. The lowest BCUT2D eigenvalue weighted by atomic mass is 10.1. The summed E-state index contributed by atoms with van der Waals surface area (Å²) in [4.78, 5) is 0. The molecule has 0 radical (unpaired) electrons. The summed E-state index contributed by atoms with van der Waals surface area (Å²) in [5.41, 5.74) is 0.177. The maximum Gasteiger partial charge on any atom is 0.186 e. The molecule has 28 heavy (non-hydrogen) atoms. The number of halogens is 5. The first-order valence-electron chi connectivity index (χ1n) is 8.09. The molecule has 0 unspecified atom stereocenters. The molecule has 1 saturated heterocycles. The number of hydrogen-bond donors (Lipinski definition) is 0. The first-order valence-corrected chi connectivity index (χ1v) is 9.61. The molecule has 0 aromatic heterocycles. The Hall–Kier alpha value is -1.21. The largest absolute Gasteiger partial charge is 0.491 e. The van der Waals surface area contributed by atoms with E-state index in [1.54, 1.807) is 36.4 Å². The quantitative estimate of drug-likeness (QED) is 0.495. The molecule has 150 valence electrons. The van der Waals surface area contributed by atoms with Gasteiger partial charge in [-0.25, -0.2) is 4.39 Å². The molecule has 0 bridgehead atoms. The molecule has 9 heteroatoms. The van der Waals surface area contributed by atoms with Gasteiger partial charge < -0.3 is 18.9 Å². The average Bonchev–Trinajstić information content (AvgIpc) is 2.95. The highest BCUT2D eigenvalue weighted by molar-refractivity contribution is 6.35. The van der Waals surface area contributed by atoms with Crippen LogP contribution in [0.5, 0.6) is 11.5 Å². The Labute approximate surface area is 181 Å². The van der Waals surface area contributed by atoms with Crippen molar-refractivity contribution in [2.45, 2.75) is 18.5 Å². The Morgan fingerprint density at radius 3 is 1.96 bits per heavy atom. The van der Waals surface area contributed by atoms with Crippen LogP contribution in [0.25, 0.3) is 0 Å². The van der Waals surface area contributed by atoms with Crippen molar-refractivity contribution in [3.05, 3.63) is 68.4 Å². The van der Waals surface area contributed by atoms with Crippen molar-refractivity contribution in [3.8, 4) is 11.5 Å². The number of rotatable bonds is 6. The van der Waals surface area contributed by atoms with Crippen molar-refractivity contribution < 1.29 is 23.3 Å². The monoisotopic (exact) mass is 466 g/mol. The topological polar surface area (TPSA) is 36.9 Å². The summed E-state index contributed by atoms with van der Waals surface area (Å²) in [6.07, 6.45) is -2.01. The predicted octanol–water partition coefficient (Wildman–Crippen LogP) is 6.35. The highest BCUT2D eigenvalue weighted by Crippen LogP contribution is 2.34. The molecule has 0 spiro atoms. The van der Waals surface area contributed by atoms with E-state index in [1.165, 1.54) is 7.11 Å². The molecule has 3 rings (SSSR count). The molecule has 2 aromatic carbocycles. The molecule has 1 aliphatic rings. The van der Waals surface area contributed by atoms with Crippen molar-refractivity contribution >= 4 is 46.4 Å². The normalized spacial score (nSPS) is 23.2. The van der Waals surface area contributed by atoms with Gasteiger partial charge in [0.2, 0.25) is 0 Å². The van der Waals surface area contributed by atoms with Crippen molar-refractivity contribution in [3.63, 3.8) is 0 Å². The summed E-state index contributed by atoms with van der Waals surface area (Å²) < 4.78 is 36.1. The zero-order chi connectivity index (χ0) is 20.3. The second-order valence-electron chi connectivity index (χ2n) is 5.91. The fourth-order valence-electron chi connectivity index (χ4n) is 2.77. The van der Waals surface area contributed by atoms with Crippen LogP contribution in [-0.2, 0) is 9.47 Å². The highest BCUT2D eigenvalue weighted by Gasteiger charge is 2.43. The second-order valence-corrected chi connectivity index (χ2v) is 7.66. The van der Waals surface area contributed by atoms with Gasteiger partial charge in [0.15, 0.2) is 12.4 Å². The van der Waals surface area contributed by atoms with Crippen molar-refractivity contribution in [1.82, 2.24) is 0 Å². The standard InChI is InChI=1S/C19H15Cl4FO4/c1-25-19-16(8-24)18(27-15-6-12(22)3-13(23)7-15)17(28-19)9-26-14-4-10(20)2-11(21)5-14/h2-8,17-19H,9H2,1H3/b16-8+/t17-,18+,19+/m1/s1. The zero-order valence-electron chi connectivity index (χ0n) is 14.5. The molecule has 2 aromatic rings.